The van der Waals surface area contributed by atoms with Crippen LogP contribution in [0.25, 0.3) is 0 Å². The van der Waals surface area contributed by atoms with Gasteiger partial charge in [-0.3, -0.25) is 0 Å². The number of halogens is 2. The highest BCUT2D eigenvalue weighted by molar-refractivity contribution is 5.89. The van der Waals surface area contributed by atoms with Crippen molar-refractivity contribution in [3.8, 4) is 5.75 Å². The van der Waals surface area contributed by atoms with Crippen LogP contribution in [0.2, 0.25) is 0 Å². The van der Waals surface area contributed by atoms with Crippen molar-refractivity contribution >= 4 is 11.8 Å². The van der Waals surface area contributed by atoms with E-state index < -0.39 is 12.6 Å². The van der Waals surface area contributed by atoms with E-state index in [-0.39, 0.29) is 12.3 Å². The fourth-order valence-corrected chi connectivity index (χ4v) is 1.82. The van der Waals surface area contributed by atoms with E-state index in [1.165, 1.54) is 31.5 Å². The number of benzene rings is 1. The number of nitrogens with one attached hydrogen (secondary N) is 1. The zero-order valence-electron chi connectivity index (χ0n) is 11.8. The first-order valence-electron chi connectivity index (χ1n) is 6.41. The Labute approximate surface area is 125 Å². The molecule has 1 aromatic carbocycles. The van der Waals surface area contributed by atoms with Gasteiger partial charge in [0, 0.05) is 18.3 Å². The number of rotatable bonds is 6. The predicted molar refractivity (Wildman–Crippen MR) is 76.0 cm³/mol. The predicted octanol–water partition coefficient (Wildman–Crippen LogP) is 3.08. The molecule has 2 aromatic rings. The minimum absolute atomic E-state index is 0.0918. The van der Waals surface area contributed by atoms with Crippen molar-refractivity contribution in [2.75, 3.05) is 12.4 Å². The van der Waals surface area contributed by atoms with Crippen LogP contribution in [0.3, 0.4) is 0 Å². The number of ether oxygens (including phenoxy) is 2. The monoisotopic (exact) mass is 308 g/mol. The molecule has 2 rings (SSSR count). The average molecular weight is 308 g/mol. The second-order valence-electron chi connectivity index (χ2n) is 4.26. The zero-order valence-corrected chi connectivity index (χ0v) is 11.8. The van der Waals surface area contributed by atoms with Crippen molar-refractivity contribution in [1.82, 2.24) is 4.98 Å². The molecule has 1 heterocycles. The summed E-state index contributed by atoms with van der Waals surface area (Å²) in [5.74, 6) is 0.0377. The maximum atomic E-state index is 12.3. The summed E-state index contributed by atoms with van der Waals surface area (Å²) in [6.45, 7) is -2.66. The number of para-hydroxylation sites is 1. The normalized spacial score (nSPS) is 10.4. The molecule has 0 saturated heterocycles. The van der Waals surface area contributed by atoms with Gasteiger partial charge in [0.15, 0.2) is 0 Å². The molecule has 1 N–H and O–H groups in total. The number of nitrogens with zero attached hydrogens (tertiary/aromatic N) is 1. The van der Waals surface area contributed by atoms with Crippen LogP contribution >= 0.6 is 0 Å². The van der Waals surface area contributed by atoms with Crippen LogP contribution in [0.5, 0.6) is 5.75 Å². The summed E-state index contributed by atoms with van der Waals surface area (Å²) in [6.07, 6.45) is 1.45. The maximum absolute atomic E-state index is 12.3. The fraction of sp³-hybridized carbons (Fsp3) is 0.200. The summed E-state index contributed by atoms with van der Waals surface area (Å²) in [5.41, 5.74) is 0.894. The van der Waals surface area contributed by atoms with E-state index in [1.54, 1.807) is 18.2 Å². The van der Waals surface area contributed by atoms with Gasteiger partial charge in [-0.25, -0.2) is 9.78 Å². The Morgan fingerprint density at radius 3 is 2.82 bits per heavy atom. The van der Waals surface area contributed by atoms with Gasteiger partial charge in [0.2, 0.25) is 0 Å². The van der Waals surface area contributed by atoms with Crippen LogP contribution in [0, 0.1) is 0 Å². The quantitative estimate of drug-likeness (QED) is 0.831. The van der Waals surface area contributed by atoms with Crippen LogP contribution < -0.4 is 10.1 Å². The number of pyridine rings is 1. The van der Waals surface area contributed by atoms with E-state index in [2.05, 4.69) is 19.8 Å². The van der Waals surface area contributed by atoms with Gasteiger partial charge in [-0.1, -0.05) is 18.2 Å². The van der Waals surface area contributed by atoms with Crippen molar-refractivity contribution < 1.29 is 23.0 Å². The van der Waals surface area contributed by atoms with Crippen molar-refractivity contribution in [1.29, 1.82) is 0 Å². The molecule has 0 saturated carbocycles. The van der Waals surface area contributed by atoms with Gasteiger partial charge < -0.3 is 14.8 Å². The van der Waals surface area contributed by atoms with Gasteiger partial charge in [0.05, 0.1) is 12.7 Å². The number of anilines is 1. The van der Waals surface area contributed by atoms with Crippen LogP contribution in [0.15, 0.2) is 42.6 Å². The van der Waals surface area contributed by atoms with E-state index in [4.69, 9.17) is 0 Å². The molecular formula is C15H14F2N2O3. The van der Waals surface area contributed by atoms with Crippen LogP contribution in [-0.2, 0) is 11.3 Å². The minimum atomic E-state index is -2.89. The van der Waals surface area contributed by atoms with Gasteiger partial charge in [-0.15, -0.1) is 0 Å². The highest BCUT2D eigenvalue weighted by Crippen LogP contribution is 2.21. The first-order valence-corrected chi connectivity index (χ1v) is 6.41. The molecule has 22 heavy (non-hydrogen) atoms. The van der Waals surface area contributed by atoms with Gasteiger partial charge >= 0.3 is 12.6 Å². The molecule has 116 valence electrons. The lowest BCUT2D eigenvalue weighted by atomic mass is 10.2. The Balaban J connectivity index is 2.09. The molecule has 5 nitrogen and oxygen atoms in total. The number of alkyl halides is 2. The molecule has 0 bridgehead atoms. The largest absolute Gasteiger partial charge is 0.465 e. The second-order valence-corrected chi connectivity index (χ2v) is 4.26. The minimum Gasteiger partial charge on any atom is -0.465 e. The lowest BCUT2D eigenvalue weighted by Crippen LogP contribution is -2.08. The average Bonchev–Trinajstić information content (AvgIpc) is 2.53. The molecule has 0 spiro atoms. The van der Waals surface area contributed by atoms with Crippen molar-refractivity contribution in [3.63, 3.8) is 0 Å². The number of esters is 1. The molecule has 0 aliphatic carbocycles. The Bertz CT molecular complexity index is 650. The fourth-order valence-electron chi connectivity index (χ4n) is 1.82. The van der Waals surface area contributed by atoms with Gasteiger partial charge in [-0.2, -0.15) is 8.78 Å². The third kappa shape index (κ3) is 4.15. The van der Waals surface area contributed by atoms with E-state index in [0.29, 0.717) is 16.9 Å². The summed E-state index contributed by atoms with van der Waals surface area (Å²) >= 11 is 0. The molecule has 0 aliphatic heterocycles. The summed E-state index contributed by atoms with van der Waals surface area (Å²) < 4.78 is 33.7. The Morgan fingerprint density at radius 2 is 2.09 bits per heavy atom. The molecule has 0 amide bonds. The summed E-state index contributed by atoms with van der Waals surface area (Å²) in [6, 6.07) is 9.48. The Morgan fingerprint density at radius 1 is 1.32 bits per heavy atom. The smallest absolute Gasteiger partial charge is 0.387 e. The first kappa shape index (κ1) is 15.7. The van der Waals surface area contributed by atoms with Gasteiger partial charge in [-0.05, 0) is 18.2 Å². The van der Waals surface area contributed by atoms with Gasteiger partial charge in [0.25, 0.3) is 0 Å². The summed E-state index contributed by atoms with van der Waals surface area (Å²) in [5, 5.41) is 2.95. The van der Waals surface area contributed by atoms with E-state index >= 15 is 0 Å². The second kappa shape index (κ2) is 7.35. The van der Waals surface area contributed by atoms with Gasteiger partial charge in [0.1, 0.15) is 11.6 Å². The highest BCUT2D eigenvalue weighted by Gasteiger charge is 2.10. The van der Waals surface area contributed by atoms with Crippen molar-refractivity contribution in [3.05, 3.63) is 53.7 Å². The number of carbonyl (C=O) groups is 1. The highest BCUT2D eigenvalue weighted by atomic mass is 19.3. The van der Waals surface area contributed by atoms with Crippen LogP contribution in [0.4, 0.5) is 14.6 Å². The molecule has 0 fully saturated rings. The third-order valence-electron chi connectivity index (χ3n) is 2.83. The lowest BCUT2D eigenvalue weighted by Gasteiger charge is -2.12. The first-order chi connectivity index (χ1) is 10.6. The topological polar surface area (TPSA) is 60.5 Å². The lowest BCUT2D eigenvalue weighted by molar-refractivity contribution is -0.0504. The molecule has 0 radical (unpaired) electrons. The summed E-state index contributed by atoms with van der Waals surface area (Å²) in [4.78, 5) is 15.5. The molecular weight excluding hydrogens is 294 g/mol. The molecule has 7 heteroatoms. The van der Waals surface area contributed by atoms with Crippen molar-refractivity contribution in [2.24, 2.45) is 0 Å². The number of methoxy groups -OCH3 is 1. The van der Waals surface area contributed by atoms with Crippen LogP contribution in [-0.4, -0.2) is 24.7 Å². The number of aromatic nitrogens is 1. The number of hydrogen-bond donors (Lipinski definition) is 1. The third-order valence-corrected chi connectivity index (χ3v) is 2.83. The Kier molecular flexibility index (Phi) is 5.24. The molecule has 0 unspecified atom stereocenters. The Hall–Kier alpha value is -2.70. The van der Waals surface area contributed by atoms with Crippen LogP contribution in [0.1, 0.15) is 15.9 Å². The number of hydrogen-bond acceptors (Lipinski definition) is 5. The summed E-state index contributed by atoms with van der Waals surface area (Å²) in [7, 11) is 1.29. The van der Waals surface area contributed by atoms with E-state index in [1.807, 2.05) is 0 Å². The van der Waals surface area contributed by atoms with Crippen molar-refractivity contribution in [2.45, 2.75) is 13.2 Å². The van der Waals surface area contributed by atoms with E-state index in [9.17, 15) is 13.6 Å². The molecule has 0 aliphatic rings. The molecule has 1 aromatic heterocycles. The zero-order chi connectivity index (χ0) is 15.9. The standard InChI is InChI=1S/C15H14F2N2O3/c1-21-14(20)10-6-7-18-13(8-10)19-9-11-4-2-3-5-12(11)22-15(16)17/h2-8,15H,9H2,1H3,(H,18,19). The number of carbonyl (C=O) groups excluding carboxylic acids is 1. The SMILES string of the molecule is COC(=O)c1ccnc(NCc2ccccc2OC(F)F)c1. The van der Waals surface area contributed by atoms with E-state index in [0.717, 1.165) is 0 Å². The maximum Gasteiger partial charge on any atom is 0.387 e. The molecule has 0 atom stereocenters.